The minimum Gasteiger partial charge on any atom is -0.294 e. The molecule has 1 rings (SSSR count). The summed E-state index contributed by atoms with van der Waals surface area (Å²) < 4.78 is 0. The average Bonchev–Trinajstić information content (AvgIpc) is 2.07. The van der Waals surface area contributed by atoms with Gasteiger partial charge < -0.3 is 0 Å². The highest BCUT2D eigenvalue weighted by Gasteiger charge is 2.03. The van der Waals surface area contributed by atoms with Crippen LogP contribution in [0.2, 0.25) is 0 Å². The second-order valence-electron chi connectivity index (χ2n) is 3.09. The molecule has 0 saturated heterocycles. The molecule has 1 aliphatic heterocycles. The predicted molar refractivity (Wildman–Crippen MR) is 50.2 cm³/mol. The fraction of sp³-hybridized carbons (Fsp3) is 0.700. The van der Waals surface area contributed by atoms with E-state index in [0.29, 0.717) is 0 Å². The highest BCUT2D eigenvalue weighted by Crippen LogP contribution is 2.10. The third kappa shape index (κ3) is 3.35. The van der Waals surface area contributed by atoms with E-state index in [2.05, 4.69) is 11.6 Å². The van der Waals surface area contributed by atoms with Gasteiger partial charge in [0.15, 0.2) is 0 Å². The molecule has 0 unspecified atom stereocenters. The van der Waals surface area contributed by atoms with Crippen LogP contribution in [0.15, 0.2) is 17.6 Å². The van der Waals surface area contributed by atoms with Crippen molar-refractivity contribution in [3.63, 3.8) is 0 Å². The van der Waals surface area contributed by atoms with Crippen molar-refractivity contribution >= 4 is 5.71 Å². The summed E-state index contributed by atoms with van der Waals surface area (Å²) in [6, 6.07) is 0. The lowest BCUT2D eigenvalue weighted by atomic mass is 10.0. The van der Waals surface area contributed by atoms with Crippen LogP contribution in [-0.4, -0.2) is 12.3 Å². The molecule has 0 saturated carbocycles. The van der Waals surface area contributed by atoms with Crippen LogP contribution in [-0.2, 0) is 0 Å². The zero-order valence-electron chi connectivity index (χ0n) is 7.18. The van der Waals surface area contributed by atoms with E-state index >= 15 is 0 Å². The lowest BCUT2D eigenvalue weighted by molar-refractivity contribution is 0.716. The number of unbranched alkanes of at least 4 members (excludes halogenated alkanes) is 1. The van der Waals surface area contributed by atoms with Gasteiger partial charge in [-0.05, 0) is 38.5 Å². The predicted octanol–water partition coefficient (Wildman–Crippen LogP) is 2.97. The Morgan fingerprint density at radius 3 is 3.00 bits per heavy atom. The van der Waals surface area contributed by atoms with Crippen molar-refractivity contribution in [2.75, 3.05) is 6.54 Å². The first-order valence-corrected chi connectivity index (χ1v) is 4.56. The van der Waals surface area contributed by atoms with Crippen molar-refractivity contribution in [3.05, 3.63) is 12.7 Å². The third-order valence-electron chi connectivity index (χ3n) is 2.08. The molecule has 0 aromatic carbocycles. The molecule has 0 radical (unpaired) electrons. The van der Waals surface area contributed by atoms with E-state index < -0.39 is 0 Å². The summed E-state index contributed by atoms with van der Waals surface area (Å²) in [5.74, 6) is 0. The van der Waals surface area contributed by atoms with E-state index in [4.69, 9.17) is 0 Å². The van der Waals surface area contributed by atoms with Gasteiger partial charge in [-0.3, -0.25) is 4.99 Å². The zero-order chi connectivity index (χ0) is 7.94. The molecule has 0 bridgehead atoms. The maximum atomic E-state index is 4.48. The molecule has 0 atom stereocenters. The van der Waals surface area contributed by atoms with E-state index in [1.165, 1.54) is 37.8 Å². The van der Waals surface area contributed by atoms with E-state index in [0.717, 1.165) is 13.0 Å². The van der Waals surface area contributed by atoms with Gasteiger partial charge in [-0.25, -0.2) is 0 Å². The van der Waals surface area contributed by atoms with Crippen LogP contribution in [0.3, 0.4) is 0 Å². The van der Waals surface area contributed by atoms with Crippen LogP contribution in [0.25, 0.3) is 0 Å². The van der Waals surface area contributed by atoms with Crippen molar-refractivity contribution in [2.45, 2.75) is 38.5 Å². The highest BCUT2D eigenvalue weighted by molar-refractivity contribution is 5.84. The summed E-state index contributed by atoms with van der Waals surface area (Å²) in [4.78, 5) is 4.48. The van der Waals surface area contributed by atoms with Crippen LogP contribution in [0.4, 0.5) is 0 Å². The van der Waals surface area contributed by atoms with Gasteiger partial charge in [-0.15, -0.1) is 6.58 Å². The molecule has 0 amide bonds. The molecule has 0 N–H and O–H groups in total. The molecule has 0 fully saturated rings. The number of allylic oxidation sites excluding steroid dienone is 1. The quantitative estimate of drug-likeness (QED) is 0.432. The number of aliphatic imine (C=N–C) groups is 1. The second kappa shape index (κ2) is 5.11. The van der Waals surface area contributed by atoms with Gasteiger partial charge in [0.05, 0.1) is 0 Å². The van der Waals surface area contributed by atoms with Gasteiger partial charge in [0.25, 0.3) is 0 Å². The minimum absolute atomic E-state index is 1.07. The lowest BCUT2D eigenvalue weighted by Gasteiger charge is -2.10. The van der Waals surface area contributed by atoms with Crippen LogP contribution in [0.5, 0.6) is 0 Å². The Morgan fingerprint density at radius 1 is 1.45 bits per heavy atom. The number of nitrogens with zero attached hydrogens (tertiary/aromatic N) is 1. The molecule has 1 nitrogen and oxygen atoms in total. The van der Waals surface area contributed by atoms with Gasteiger partial charge in [-0.1, -0.05) is 6.08 Å². The molecule has 1 aliphatic rings. The van der Waals surface area contributed by atoms with Crippen LogP contribution >= 0.6 is 0 Å². The van der Waals surface area contributed by atoms with E-state index in [1.807, 2.05) is 6.08 Å². The SMILES string of the molecule is C=CCCCC1=NCCCC1. The summed E-state index contributed by atoms with van der Waals surface area (Å²) >= 11 is 0. The van der Waals surface area contributed by atoms with Crippen molar-refractivity contribution in [3.8, 4) is 0 Å². The number of rotatable bonds is 4. The summed E-state index contributed by atoms with van der Waals surface area (Å²) in [5, 5.41) is 0. The maximum Gasteiger partial charge on any atom is 0.0388 e. The highest BCUT2D eigenvalue weighted by atomic mass is 14.7. The summed E-state index contributed by atoms with van der Waals surface area (Å²) in [6.07, 6.45) is 9.46. The first-order chi connectivity index (χ1) is 5.43. The monoisotopic (exact) mass is 151 g/mol. The Kier molecular flexibility index (Phi) is 3.95. The summed E-state index contributed by atoms with van der Waals surface area (Å²) in [5.41, 5.74) is 1.44. The van der Waals surface area contributed by atoms with Crippen LogP contribution in [0, 0.1) is 0 Å². The first-order valence-electron chi connectivity index (χ1n) is 4.56. The van der Waals surface area contributed by atoms with E-state index in [1.54, 1.807) is 0 Å². The normalized spacial score (nSPS) is 17.6. The van der Waals surface area contributed by atoms with Crippen molar-refractivity contribution in [1.29, 1.82) is 0 Å². The molecule has 62 valence electrons. The third-order valence-corrected chi connectivity index (χ3v) is 2.08. The summed E-state index contributed by atoms with van der Waals surface area (Å²) in [7, 11) is 0. The molecule has 11 heavy (non-hydrogen) atoms. The molecule has 0 aromatic rings. The van der Waals surface area contributed by atoms with E-state index in [-0.39, 0.29) is 0 Å². The van der Waals surface area contributed by atoms with Gasteiger partial charge >= 0.3 is 0 Å². The number of hydrogen-bond acceptors (Lipinski definition) is 1. The zero-order valence-corrected chi connectivity index (χ0v) is 7.18. The molecule has 1 heteroatoms. The Balaban J connectivity index is 2.14. The minimum atomic E-state index is 1.07. The maximum absolute atomic E-state index is 4.48. The fourth-order valence-electron chi connectivity index (χ4n) is 1.41. The fourth-order valence-corrected chi connectivity index (χ4v) is 1.41. The summed E-state index contributed by atoms with van der Waals surface area (Å²) in [6.45, 7) is 4.78. The van der Waals surface area contributed by atoms with Gasteiger partial charge in [0, 0.05) is 12.3 Å². The van der Waals surface area contributed by atoms with Crippen molar-refractivity contribution < 1.29 is 0 Å². The Hall–Kier alpha value is -0.590. The molecule has 0 spiro atoms. The Morgan fingerprint density at radius 2 is 2.36 bits per heavy atom. The van der Waals surface area contributed by atoms with Crippen molar-refractivity contribution in [1.82, 2.24) is 0 Å². The lowest BCUT2D eigenvalue weighted by Crippen LogP contribution is -2.05. The van der Waals surface area contributed by atoms with Gasteiger partial charge in [-0.2, -0.15) is 0 Å². The topological polar surface area (TPSA) is 12.4 Å². The van der Waals surface area contributed by atoms with Gasteiger partial charge in [0.2, 0.25) is 0 Å². The molecule has 0 aliphatic carbocycles. The Bertz CT molecular complexity index is 147. The molecular weight excluding hydrogens is 134 g/mol. The van der Waals surface area contributed by atoms with Gasteiger partial charge in [0.1, 0.15) is 0 Å². The van der Waals surface area contributed by atoms with E-state index in [9.17, 15) is 0 Å². The first kappa shape index (κ1) is 8.51. The smallest absolute Gasteiger partial charge is 0.0388 e. The largest absolute Gasteiger partial charge is 0.294 e. The number of hydrogen-bond donors (Lipinski definition) is 0. The molecule has 0 aromatic heterocycles. The molecule has 1 heterocycles. The Labute approximate surface area is 69.2 Å². The second-order valence-corrected chi connectivity index (χ2v) is 3.09. The van der Waals surface area contributed by atoms with Crippen LogP contribution in [0.1, 0.15) is 38.5 Å². The molecular formula is C10H17N. The van der Waals surface area contributed by atoms with Crippen LogP contribution < -0.4 is 0 Å². The average molecular weight is 151 g/mol. The van der Waals surface area contributed by atoms with Crippen molar-refractivity contribution in [2.24, 2.45) is 4.99 Å². The standard InChI is InChI=1S/C10H17N/c1-2-3-4-7-10-8-5-6-9-11-10/h2H,1,3-9H2.